The molecule has 122 valence electrons. The van der Waals surface area contributed by atoms with Gasteiger partial charge in [0.15, 0.2) is 5.11 Å². The van der Waals surface area contributed by atoms with E-state index in [0.717, 1.165) is 19.3 Å². The maximum absolute atomic E-state index is 11.7. The number of carbonyl (C=O) groups is 1. The fourth-order valence-corrected chi connectivity index (χ4v) is 4.87. The van der Waals surface area contributed by atoms with E-state index < -0.39 is 0 Å². The monoisotopic (exact) mass is 369 g/mol. The highest BCUT2D eigenvalue weighted by atomic mass is 32.1. The van der Waals surface area contributed by atoms with E-state index in [9.17, 15) is 4.79 Å². The molecule has 4 N–H and O–H groups in total. The van der Waals surface area contributed by atoms with Crippen LogP contribution < -0.4 is 15.5 Å². The summed E-state index contributed by atoms with van der Waals surface area (Å²) in [5, 5.41) is 24.9. The molecule has 1 fully saturated rings. The zero-order valence-corrected chi connectivity index (χ0v) is 14.5. The standard InChI is InChI=1S/C14H15N3O3S3/c18-3-1-17(2-4-19)12-7-11-10(23-12)6-8(22-11)5-9-13(20)16-14(21)15-9/h5-7,18-19H,1-4H2,(H2,15,16,20,21)/b9-5-. The van der Waals surface area contributed by atoms with E-state index in [-0.39, 0.29) is 19.1 Å². The summed E-state index contributed by atoms with van der Waals surface area (Å²) in [5.41, 5.74) is 0.450. The fourth-order valence-electron chi connectivity index (χ4n) is 2.27. The summed E-state index contributed by atoms with van der Waals surface area (Å²) in [6, 6.07) is 4.07. The molecular formula is C14H15N3O3S3. The Morgan fingerprint density at radius 1 is 1.13 bits per heavy atom. The van der Waals surface area contributed by atoms with Gasteiger partial charge in [-0.1, -0.05) is 0 Å². The van der Waals surface area contributed by atoms with Crippen LogP contribution in [0.3, 0.4) is 0 Å². The number of aliphatic hydroxyl groups excluding tert-OH is 2. The van der Waals surface area contributed by atoms with Crippen LogP contribution in [-0.2, 0) is 4.79 Å². The lowest BCUT2D eigenvalue weighted by atomic mass is 10.3. The van der Waals surface area contributed by atoms with Crippen LogP contribution in [0.4, 0.5) is 5.00 Å². The summed E-state index contributed by atoms with van der Waals surface area (Å²) >= 11 is 8.09. The minimum absolute atomic E-state index is 0.0452. The largest absolute Gasteiger partial charge is 0.395 e. The predicted octanol–water partition coefficient (Wildman–Crippen LogP) is 1.10. The molecule has 1 aliphatic heterocycles. The minimum Gasteiger partial charge on any atom is -0.395 e. The predicted molar refractivity (Wildman–Crippen MR) is 97.9 cm³/mol. The number of hydrogen-bond acceptors (Lipinski definition) is 7. The van der Waals surface area contributed by atoms with Crippen molar-refractivity contribution in [2.45, 2.75) is 0 Å². The second-order valence-electron chi connectivity index (χ2n) is 4.86. The number of rotatable bonds is 6. The molecule has 2 aromatic rings. The molecule has 0 aliphatic carbocycles. The molecule has 9 heteroatoms. The first-order chi connectivity index (χ1) is 11.1. The summed E-state index contributed by atoms with van der Waals surface area (Å²) in [7, 11) is 0. The van der Waals surface area contributed by atoms with E-state index in [1.165, 1.54) is 0 Å². The lowest BCUT2D eigenvalue weighted by molar-refractivity contribution is -0.115. The minimum atomic E-state index is -0.218. The van der Waals surface area contributed by atoms with E-state index in [2.05, 4.69) is 10.6 Å². The van der Waals surface area contributed by atoms with Gasteiger partial charge >= 0.3 is 0 Å². The molecule has 3 rings (SSSR count). The van der Waals surface area contributed by atoms with Gasteiger partial charge in [0.25, 0.3) is 5.91 Å². The van der Waals surface area contributed by atoms with E-state index >= 15 is 0 Å². The van der Waals surface area contributed by atoms with E-state index in [1.54, 1.807) is 28.7 Å². The van der Waals surface area contributed by atoms with Gasteiger partial charge in [0.1, 0.15) is 5.70 Å². The highest BCUT2D eigenvalue weighted by molar-refractivity contribution is 7.80. The van der Waals surface area contributed by atoms with Crippen molar-refractivity contribution in [3.8, 4) is 0 Å². The molecule has 0 spiro atoms. The zero-order valence-electron chi connectivity index (χ0n) is 12.0. The number of carbonyl (C=O) groups excluding carboxylic acids is 1. The van der Waals surface area contributed by atoms with Crippen LogP contribution in [0.1, 0.15) is 4.88 Å². The van der Waals surface area contributed by atoms with Crippen molar-refractivity contribution in [2.24, 2.45) is 0 Å². The van der Waals surface area contributed by atoms with Gasteiger partial charge in [0.2, 0.25) is 0 Å². The van der Waals surface area contributed by atoms with Crippen molar-refractivity contribution >= 4 is 66.4 Å². The smallest absolute Gasteiger partial charge is 0.273 e. The molecule has 1 amide bonds. The number of hydrogen-bond donors (Lipinski definition) is 4. The van der Waals surface area contributed by atoms with E-state index in [4.69, 9.17) is 22.4 Å². The Balaban J connectivity index is 1.84. The normalized spacial score (nSPS) is 16.2. The molecule has 0 bridgehead atoms. The number of thiocarbonyl (C=S) groups is 1. The average molecular weight is 369 g/mol. The maximum atomic E-state index is 11.7. The topological polar surface area (TPSA) is 84.8 Å². The Bertz CT molecular complexity index is 743. The first kappa shape index (κ1) is 16.3. The number of anilines is 1. The second-order valence-corrected chi connectivity index (χ2v) is 7.45. The van der Waals surface area contributed by atoms with Crippen LogP contribution in [0.5, 0.6) is 0 Å². The summed E-state index contributed by atoms with van der Waals surface area (Å²) in [5.74, 6) is -0.218. The average Bonchev–Trinajstić information content (AvgIpc) is 3.12. The fraction of sp³-hybridized carbons (Fsp3) is 0.286. The summed E-state index contributed by atoms with van der Waals surface area (Å²) in [6.07, 6.45) is 1.78. The third kappa shape index (κ3) is 3.54. The zero-order chi connectivity index (χ0) is 16.4. The third-order valence-corrected chi connectivity index (χ3v) is 5.78. The second kappa shape index (κ2) is 6.93. The highest BCUT2D eigenvalue weighted by Crippen LogP contribution is 2.38. The molecule has 1 aliphatic rings. The van der Waals surface area contributed by atoms with E-state index in [1.807, 2.05) is 17.0 Å². The highest BCUT2D eigenvalue weighted by Gasteiger charge is 2.20. The van der Waals surface area contributed by atoms with Crippen molar-refractivity contribution in [3.63, 3.8) is 0 Å². The van der Waals surface area contributed by atoms with Crippen molar-refractivity contribution in [1.82, 2.24) is 10.6 Å². The van der Waals surface area contributed by atoms with Gasteiger partial charge in [-0.15, -0.1) is 22.7 Å². The van der Waals surface area contributed by atoms with Crippen molar-refractivity contribution in [3.05, 3.63) is 22.7 Å². The Morgan fingerprint density at radius 3 is 2.39 bits per heavy atom. The number of nitrogens with one attached hydrogen (secondary N) is 2. The first-order valence-electron chi connectivity index (χ1n) is 6.95. The van der Waals surface area contributed by atoms with Crippen LogP contribution in [-0.4, -0.2) is 47.5 Å². The van der Waals surface area contributed by atoms with Crippen LogP contribution >= 0.6 is 34.9 Å². The Morgan fingerprint density at radius 2 is 1.83 bits per heavy atom. The number of nitrogens with zero attached hydrogens (tertiary/aromatic N) is 1. The van der Waals surface area contributed by atoms with E-state index in [0.29, 0.717) is 23.9 Å². The maximum Gasteiger partial charge on any atom is 0.273 e. The molecule has 1 saturated heterocycles. The van der Waals surface area contributed by atoms with Crippen LogP contribution in [0.25, 0.3) is 15.5 Å². The van der Waals surface area contributed by atoms with Gasteiger partial charge in [-0.05, 0) is 30.4 Å². The van der Waals surface area contributed by atoms with Gasteiger partial charge in [0, 0.05) is 27.4 Å². The summed E-state index contributed by atoms with van der Waals surface area (Å²) in [4.78, 5) is 14.6. The van der Waals surface area contributed by atoms with Crippen LogP contribution in [0, 0.1) is 0 Å². The summed E-state index contributed by atoms with van der Waals surface area (Å²) < 4.78 is 2.22. The number of aliphatic hydroxyl groups is 2. The van der Waals surface area contributed by atoms with Crippen molar-refractivity contribution < 1.29 is 15.0 Å². The van der Waals surface area contributed by atoms with Crippen molar-refractivity contribution in [1.29, 1.82) is 0 Å². The number of fused-ring (bicyclic) bond motifs is 1. The third-order valence-electron chi connectivity index (χ3n) is 3.27. The Kier molecular flexibility index (Phi) is 4.93. The van der Waals surface area contributed by atoms with Gasteiger partial charge < -0.3 is 20.4 Å². The molecule has 3 heterocycles. The first-order valence-corrected chi connectivity index (χ1v) is 8.99. The number of amides is 1. The van der Waals surface area contributed by atoms with Gasteiger partial charge in [-0.2, -0.15) is 0 Å². The molecular weight excluding hydrogens is 354 g/mol. The molecule has 23 heavy (non-hydrogen) atoms. The summed E-state index contributed by atoms with van der Waals surface area (Å²) in [6.45, 7) is 1.08. The molecule has 0 atom stereocenters. The molecule has 2 aromatic heterocycles. The molecule has 6 nitrogen and oxygen atoms in total. The molecule has 0 saturated carbocycles. The van der Waals surface area contributed by atoms with Crippen LogP contribution in [0.2, 0.25) is 0 Å². The molecule has 0 unspecified atom stereocenters. The number of thiophene rings is 2. The van der Waals surface area contributed by atoms with Gasteiger partial charge in [-0.25, -0.2) is 0 Å². The SMILES string of the molecule is O=C1NC(=S)N/C1=C\c1cc2sc(N(CCO)CCO)cc2s1. The van der Waals surface area contributed by atoms with Crippen molar-refractivity contribution in [2.75, 3.05) is 31.2 Å². The Hall–Kier alpha value is -1.52. The Labute approximate surface area is 146 Å². The lowest BCUT2D eigenvalue weighted by Crippen LogP contribution is -2.28. The van der Waals surface area contributed by atoms with Gasteiger partial charge in [0.05, 0.1) is 18.2 Å². The van der Waals surface area contributed by atoms with Crippen LogP contribution in [0.15, 0.2) is 17.8 Å². The quantitative estimate of drug-likeness (QED) is 0.451. The molecule has 0 radical (unpaired) electrons. The molecule has 0 aromatic carbocycles. The lowest BCUT2D eigenvalue weighted by Gasteiger charge is -2.20. The van der Waals surface area contributed by atoms with Gasteiger partial charge in [-0.3, -0.25) is 10.1 Å².